The van der Waals surface area contributed by atoms with Crippen LogP contribution in [0.5, 0.6) is 0 Å². The van der Waals surface area contributed by atoms with Crippen molar-refractivity contribution in [1.82, 2.24) is 69.1 Å². The molecule has 7 N–H and O–H groups in total. The summed E-state index contributed by atoms with van der Waals surface area (Å²) in [4.78, 5) is 47.3. The maximum absolute atomic E-state index is 11.0. The van der Waals surface area contributed by atoms with Gasteiger partial charge in [-0.05, 0) is 84.9 Å². The molecule has 75 heavy (non-hydrogen) atoms. The number of carbonyl (C=O) groups excluding carboxylic acids is 1. The van der Waals surface area contributed by atoms with E-state index in [0.29, 0.717) is 46.5 Å². The fourth-order valence-electron chi connectivity index (χ4n) is 11.1. The fraction of sp³-hybridized carbons (Fsp3) is 0.463. The molecule has 4 fully saturated rings. The summed E-state index contributed by atoms with van der Waals surface area (Å²) in [6, 6.07) is 17.9. The van der Waals surface area contributed by atoms with Crippen LogP contribution in [0.25, 0.3) is 44.6 Å². The lowest BCUT2D eigenvalue weighted by atomic mass is 9.90. The van der Waals surface area contributed by atoms with Crippen LogP contribution in [-0.2, 0) is 6.54 Å². The van der Waals surface area contributed by atoms with Crippen LogP contribution in [0.1, 0.15) is 90.8 Å². The van der Waals surface area contributed by atoms with Gasteiger partial charge in [0.1, 0.15) is 42.0 Å². The Balaban J connectivity index is 0.000000153. The highest BCUT2D eigenvalue weighted by molar-refractivity contribution is 7.13. The van der Waals surface area contributed by atoms with Gasteiger partial charge >= 0.3 is 0 Å². The van der Waals surface area contributed by atoms with Crippen LogP contribution in [0.2, 0.25) is 0 Å². The molecular weight excluding hydrogens is 981 g/mol. The minimum Gasteiger partial charge on any atom is -0.383 e. The summed E-state index contributed by atoms with van der Waals surface area (Å²) in [5, 5.41) is 20.7. The molecule has 0 unspecified atom stereocenters. The van der Waals surface area contributed by atoms with Crippen molar-refractivity contribution < 1.29 is 4.79 Å². The molecule has 8 heterocycles. The van der Waals surface area contributed by atoms with E-state index in [-0.39, 0.29) is 0 Å². The van der Waals surface area contributed by atoms with E-state index < -0.39 is 0 Å². The Labute approximate surface area is 446 Å². The van der Waals surface area contributed by atoms with Gasteiger partial charge in [0.15, 0.2) is 21.6 Å². The van der Waals surface area contributed by atoms with Gasteiger partial charge in [0, 0.05) is 98.4 Å². The molecule has 2 saturated carbocycles. The third kappa shape index (κ3) is 12.1. The van der Waals surface area contributed by atoms with Crippen molar-refractivity contribution in [1.29, 1.82) is 0 Å². The van der Waals surface area contributed by atoms with Crippen molar-refractivity contribution in [2.45, 2.75) is 95.9 Å². The zero-order valence-electron chi connectivity index (χ0n) is 43.6. The van der Waals surface area contributed by atoms with Crippen LogP contribution in [0.4, 0.5) is 21.9 Å². The summed E-state index contributed by atoms with van der Waals surface area (Å²) in [6.45, 7) is 14.0. The Bertz CT molecular complexity index is 3120. The molecule has 394 valence electrons. The van der Waals surface area contributed by atoms with Crippen LogP contribution < -0.4 is 22.5 Å². The molecule has 2 aromatic carbocycles. The van der Waals surface area contributed by atoms with Gasteiger partial charge in [0.05, 0.1) is 34.2 Å². The first-order chi connectivity index (χ1) is 36.5. The van der Waals surface area contributed by atoms with Crippen LogP contribution >= 0.6 is 22.7 Å². The van der Waals surface area contributed by atoms with Gasteiger partial charge in [-0.1, -0.05) is 48.5 Å². The van der Waals surface area contributed by atoms with E-state index in [9.17, 15) is 4.79 Å². The monoisotopic (exact) mass is 1050 g/mol. The molecule has 2 aliphatic heterocycles. The van der Waals surface area contributed by atoms with Gasteiger partial charge in [-0.2, -0.15) is 10.2 Å². The lowest BCUT2D eigenvalue weighted by Gasteiger charge is -2.41. The number of aryl methyl sites for hydroxylation is 2. The van der Waals surface area contributed by atoms with Crippen molar-refractivity contribution in [3.8, 4) is 22.5 Å². The molecule has 0 atom stereocenters. The van der Waals surface area contributed by atoms with E-state index in [4.69, 9.17) is 27.4 Å². The third-order valence-corrected chi connectivity index (χ3v) is 17.1. The molecular formula is C54H70N18OS2. The molecule has 4 aliphatic rings. The quantitative estimate of drug-likeness (QED) is 0.0956. The normalized spacial score (nSPS) is 21.1. The number of piperazine rings is 2. The number of nitrogen functional groups attached to an aromatic ring is 3. The maximum atomic E-state index is 11.0. The number of likely N-dealkylation sites (N-methyl/N-ethyl adjacent to an activating group) is 2. The van der Waals surface area contributed by atoms with Crippen molar-refractivity contribution >= 4 is 72.9 Å². The number of fused-ring (bicyclic) bond motifs is 2. The van der Waals surface area contributed by atoms with Gasteiger partial charge in [0.2, 0.25) is 0 Å². The van der Waals surface area contributed by atoms with Gasteiger partial charge in [0.25, 0.3) is 0 Å². The highest BCUT2D eigenvalue weighted by Gasteiger charge is 2.32. The molecule has 0 bridgehead atoms. The molecule has 12 rings (SSSR count). The second-order valence-electron chi connectivity index (χ2n) is 20.5. The van der Waals surface area contributed by atoms with E-state index >= 15 is 0 Å². The number of nitrogens with zero attached hydrogens (tertiary/aromatic N) is 14. The molecule has 2 aliphatic carbocycles. The molecule has 0 radical (unpaired) electrons. The lowest BCUT2D eigenvalue weighted by Crippen LogP contribution is -2.49. The number of carbonyl (C=O) groups is 1. The molecule has 6 aromatic heterocycles. The van der Waals surface area contributed by atoms with Crippen LogP contribution in [0.15, 0.2) is 71.9 Å². The van der Waals surface area contributed by atoms with Gasteiger partial charge in [-0.15, -0.1) is 22.7 Å². The van der Waals surface area contributed by atoms with E-state index in [2.05, 4.69) is 108 Å². The summed E-state index contributed by atoms with van der Waals surface area (Å²) in [7, 11) is 4.42. The predicted molar refractivity (Wildman–Crippen MR) is 302 cm³/mol. The average Bonchev–Trinajstić information content (AvgIpc) is 4.25. The SMILES string of the molecule is CN1CCN(C2CCC(n3nc(-c4ccc(C=O)cc4)c4c(N)ncnc43)CC2)CC1.Cc1csc(N)n1.Cc1csc(NCc2ccc(-c3nn(C4CCC(N5CCN(C)CC5)CC4)c4ncnc(N)c34)cc2)n1. The number of aromatic nitrogens is 10. The van der Waals surface area contributed by atoms with Crippen LogP contribution in [0, 0.1) is 13.8 Å². The first-order valence-electron chi connectivity index (χ1n) is 26.3. The summed E-state index contributed by atoms with van der Waals surface area (Å²) in [5.74, 6) is 0.930. The minimum absolute atomic E-state index is 0.309. The van der Waals surface area contributed by atoms with E-state index in [1.807, 2.05) is 31.4 Å². The van der Waals surface area contributed by atoms with E-state index in [1.165, 1.54) is 88.2 Å². The fourth-order valence-corrected chi connectivity index (χ4v) is 12.3. The maximum Gasteiger partial charge on any atom is 0.183 e. The zero-order valence-corrected chi connectivity index (χ0v) is 45.2. The Morgan fingerprint density at radius 1 is 0.573 bits per heavy atom. The van der Waals surface area contributed by atoms with E-state index in [0.717, 1.165) is 113 Å². The highest BCUT2D eigenvalue weighted by atomic mass is 32.1. The Morgan fingerprint density at radius 2 is 1.01 bits per heavy atom. The molecule has 0 amide bonds. The first kappa shape index (κ1) is 52.0. The van der Waals surface area contributed by atoms with Crippen LogP contribution in [0.3, 0.4) is 0 Å². The number of nitrogens with one attached hydrogen (secondary N) is 1. The first-order valence-corrected chi connectivity index (χ1v) is 28.0. The number of thiazole rings is 2. The molecule has 8 aromatic rings. The Kier molecular flexibility index (Phi) is 16.3. The topological polar surface area (TPSA) is 233 Å². The molecule has 2 saturated heterocycles. The molecule has 19 nitrogen and oxygen atoms in total. The standard InChI is InChI=1S/C27H35N9S.C23H29N7O.C4H6N2S/c1-18-16-37-27(32-18)29-15-19-3-5-20(6-4-19)24-23-25(28)30-17-31-26(23)36(33-24)22-9-7-21(8-10-22)35-13-11-34(2)12-14-35;1-28-10-12-29(13-11-28)18-6-8-19(9-7-18)30-23-20(22(24)25-15-26-23)21(27-30)17-4-2-16(14-31)3-5-17;1-3-2-7-4(5)6-3/h3-6,16-17,21-22H,7-15H2,1-2H3,(H,29,32)(H2,28,30,31);2-5,14-15,18-19H,6-13H2,1H3,(H2,24,25,26);2H,1H3,(H2,5,6). The van der Waals surface area contributed by atoms with Crippen molar-refractivity contribution in [2.24, 2.45) is 0 Å². The summed E-state index contributed by atoms with van der Waals surface area (Å²) >= 11 is 3.10. The van der Waals surface area contributed by atoms with Gasteiger partial charge in [-0.25, -0.2) is 39.3 Å². The number of aldehydes is 1. The number of benzene rings is 2. The molecule has 0 spiro atoms. The average molecular weight is 1050 g/mol. The lowest BCUT2D eigenvalue weighted by molar-refractivity contribution is 0.0815. The number of hydrogen-bond donors (Lipinski definition) is 4. The van der Waals surface area contributed by atoms with Crippen molar-refractivity contribution in [3.05, 3.63) is 94.5 Å². The highest BCUT2D eigenvalue weighted by Crippen LogP contribution is 2.39. The number of anilines is 4. The Hall–Kier alpha value is -6.49. The second kappa shape index (κ2) is 23.6. The Morgan fingerprint density at radius 3 is 1.41 bits per heavy atom. The number of hydrogen-bond acceptors (Lipinski definition) is 19. The summed E-state index contributed by atoms with van der Waals surface area (Å²) in [5.41, 5.74) is 27.0. The zero-order chi connectivity index (χ0) is 52.0. The minimum atomic E-state index is 0.309. The second-order valence-corrected chi connectivity index (χ2v) is 22.3. The predicted octanol–water partition coefficient (Wildman–Crippen LogP) is 7.84. The van der Waals surface area contributed by atoms with Gasteiger partial charge in [-0.3, -0.25) is 14.6 Å². The largest absolute Gasteiger partial charge is 0.383 e. The van der Waals surface area contributed by atoms with Gasteiger partial charge < -0.3 is 32.3 Å². The molecule has 21 heteroatoms. The van der Waals surface area contributed by atoms with Crippen LogP contribution in [-0.4, -0.2) is 154 Å². The van der Waals surface area contributed by atoms with E-state index in [1.54, 1.807) is 29.8 Å². The summed E-state index contributed by atoms with van der Waals surface area (Å²) < 4.78 is 4.19. The third-order valence-electron chi connectivity index (χ3n) is 15.4. The van der Waals surface area contributed by atoms with Crippen molar-refractivity contribution in [2.75, 3.05) is 89.0 Å². The number of nitrogens with two attached hydrogens (primary N) is 3. The smallest absolute Gasteiger partial charge is 0.183 e. The number of rotatable bonds is 10. The summed E-state index contributed by atoms with van der Waals surface area (Å²) in [6.07, 6.45) is 13.1. The van der Waals surface area contributed by atoms with Crippen molar-refractivity contribution in [3.63, 3.8) is 0 Å².